The zero-order valence-corrected chi connectivity index (χ0v) is 12.1. The van der Waals surface area contributed by atoms with E-state index in [1.165, 1.54) is 6.42 Å². The van der Waals surface area contributed by atoms with Gasteiger partial charge < -0.3 is 10.1 Å². The Morgan fingerprint density at radius 2 is 1.71 bits per heavy atom. The molecule has 1 aliphatic heterocycles. The van der Waals surface area contributed by atoms with Gasteiger partial charge in [-0.05, 0) is 30.6 Å². The van der Waals surface area contributed by atoms with Crippen LogP contribution in [-0.2, 0) is 16.1 Å². The van der Waals surface area contributed by atoms with Gasteiger partial charge >= 0.3 is 5.97 Å². The van der Waals surface area contributed by atoms with Gasteiger partial charge in [0.15, 0.2) is 0 Å². The van der Waals surface area contributed by atoms with Crippen molar-refractivity contribution in [3.63, 3.8) is 0 Å². The van der Waals surface area contributed by atoms with Crippen molar-refractivity contribution in [3.05, 3.63) is 72.6 Å². The minimum absolute atomic E-state index is 0.0277. The molecule has 1 aliphatic carbocycles. The third-order valence-corrected chi connectivity index (χ3v) is 3.38. The molecule has 1 aromatic carbocycles. The van der Waals surface area contributed by atoms with Gasteiger partial charge in [-0.2, -0.15) is 0 Å². The number of hydrogen-bond donors (Lipinski definition) is 1. The molecule has 2 aliphatic rings. The van der Waals surface area contributed by atoms with Gasteiger partial charge in [0.2, 0.25) is 0 Å². The average molecular weight is 283 g/mol. The predicted molar refractivity (Wildman–Crippen MR) is 84.1 cm³/mol. The Morgan fingerprint density at radius 3 is 2.29 bits per heavy atom. The SMILES string of the molecule is C1=CC=CNC=C1.O=C(OCc1ccccc1)C1CCC1. The van der Waals surface area contributed by atoms with E-state index in [4.69, 9.17) is 4.74 Å². The molecule has 0 spiro atoms. The Balaban J connectivity index is 0.000000194. The molecule has 3 nitrogen and oxygen atoms in total. The first-order valence-corrected chi connectivity index (χ1v) is 7.31. The van der Waals surface area contributed by atoms with Crippen molar-refractivity contribution < 1.29 is 9.53 Å². The predicted octanol–water partition coefficient (Wildman–Crippen LogP) is 3.70. The number of carbonyl (C=O) groups is 1. The number of hydrogen-bond acceptors (Lipinski definition) is 3. The van der Waals surface area contributed by atoms with E-state index in [1.807, 2.05) is 67.0 Å². The molecule has 0 radical (unpaired) electrons. The average Bonchev–Trinajstić information content (AvgIpc) is 2.78. The van der Waals surface area contributed by atoms with Crippen LogP contribution in [0.3, 0.4) is 0 Å². The van der Waals surface area contributed by atoms with Crippen molar-refractivity contribution in [3.8, 4) is 0 Å². The van der Waals surface area contributed by atoms with Crippen LogP contribution in [0.5, 0.6) is 0 Å². The first-order chi connectivity index (χ1) is 10.4. The van der Waals surface area contributed by atoms with Crippen molar-refractivity contribution in [2.75, 3.05) is 0 Å². The molecule has 0 aromatic heterocycles. The van der Waals surface area contributed by atoms with Gasteiger partial charge in [-0.1, -0.05) is 48.9 Å². The lowest BCUT2D eigenvalue weighted by Gasteiger charge is -2.22. The molecule has 1 fully saturated rings. The van der Waals surface area contributed by atoms with Gasteiger partial charge in [0.1, 0.15) is 6.61 Å². The maximum atomic E-state index is 11.4. The second-order valence-electron chi connectivity index (χ2n) is 4.99. The van der Waals surface area contributed by atoms with E-state index >= 15 is 0 Å². The lowest BCUT2D eigenvalue weighted by Crippen LogP contribution is -2.23. The third-order valence-electron chi connectivity index (χ3n) is 3.38. The van der Waals surface area contributed by atoms with Crippen LogP contribution >= 0.6 is 0 Å². The zero-order valence-electron chi connectivity index (χ0n) is 12.1. The molecule has 0 unspecified atom stereocenters. The molecule has 1 saturated carbocycles. The third kappa shape index (κ3) is 5.69. The van der Waals surface area contributed by atoms with E-state index in [9.17, 15) is 4.79 Å². The molecular formula is C18H21NO2. The summed E-state index contributed by atoms with van der Waals surface area (Å²) in [5.41, 5.74) is 1.06. The lowest BCUT2D eigenvalue weighted by molar-refractivity contribution is -0.152. The highest BCUT2D eigenvalue weighted by Gasteiger charge is 2.26. The largest absolute Gasteiger partial charge is 0.461 e. The summed E-state index contributed by atoms with van der Waals surface area (Å²) in [7, 11) is 0. The van der Waals surface area contributed by atoms with Crippen molar-refractivity contribution in [2.24, 2.45) is 5.92 Å². The molecule has 3 heteroatoms. The lowest BCUT2D eigenvalue weighted by atomic mass is 9.86. The highest BCUT2D eigenvalue weighted by atomic mass is 16.5. The Hall–Kier alpha value is -2.29. The summed E-state index contributed by atoms with van der Waals surface area (Å²) in [6.45, 7) is 0.413. The van der Waals surface area contributed by atoms with Crippen molar-refractivity contribution >= 4 is 5.97 Å². The van der Waals surface area contributed by atoms with Crippen molar-refractivity contribution in [1.29, 1.82) is 0 Å². The van der Waals surface area contributed by atoms with Gasteiger partial charge in [0.05, 0.1) is 5.92 Å². The second-order valence-corrected chi connectivity index (χ2v) is 4.99. The molecule has 0 saturated heterocycles. The summed E-state index contributed by atoms with van der Waals surface area (Å²) in [5.74, 6) is 0.152. The first kappa shape index (κ1) is 15.1. The van der Waals surface area contributed by atoms with Crippen molar-refractivity contribution in [1.82, 2.24) is 5.32 Å². The van der Waals surface area contributed by atoms with E-state index in [2.05, 4.69) is 5.32 Å². The number of nitrogens with one attached hydrogen (secondary N) is 1. The quantitative estimate of drug-likeness (QED) is 0.860. The molecular weight excluding hydrogens is 262 g/mol. The van der Waals surface area contributed by atoms with E-state index < -0.39 is 0 Å². The van der Waals surface area contributed by atoms with Gasteiger partial charge in [-0.15, -0.1) is 0 Å². The Bertz CT molecular complexity index is 499. The highest BCUT2D eigenvalue weighted by molar-refractivity contribution is 5.73. The van der Waals surface area contributed by atoms with Crippen LogP contribution in [0.25, 0.3) is 0 Å². The van der Waals surface area contributed by atoms with Crippen LogP contribution < -0.4 is 5.32 Å². The summed E-state index contributed by atoms with van der Waals surface area (Å²) in [5, 5.41) is 2.92. The molecule has 0 bridgehead atoms. The summed E-state index contributed by atoms with van der Waals surface area (Å²) in [6.07, 6.45) is 14.8. The molecule has 0 atom stereocenters. The molecule has 1 N–H and O–H groups in total. The molecule has 21 heavy (non-hydrogen) atoms. The zero-order chi connectivity index (χ0) is 14.8. The number of esters is 1. The molecule has 1 aromatic rings. The maximum absolute atomic E-state index is 11.4. The van der Waals surface area contributed by atoms with Gasteiger partial charge in [-0.25, -0.2) is 0 Å². The highest BCUT2D eigenvalue weighted by Crippen LogP contribution is 2.27. The summed E-state index contributed by atoms with van der Waals surface area (Å²) in [4.78, 5) is 11.4. The number of ether oxygens (including phenoxy) is 1. The maximum Gasteiger partial charge on any atom is 0.309 e. The van der Waals surface area contributed by atoms with E-state index in [-0.39, 0.29) is 11.9 Å². The summed E-state index contributed by atoms with van der Waals surface area (Å²) < 4.78 is 5.19. The Morgan fingerprint density at radius 1 is 1.05 bits per heavy atom. The molecule has 110 valence electrons. The summed E-state index contributed by atoms with van der Waals surface area (Å²) >= 11 is 0. The van der Waals surface area contributed by atoms with E-state index in [0.717, 1.165) is 18.4 Å². The summed E-state index contributed by atoms with van der Waals surface area (Å²) in [6, 6.07) is 9.79. The topological polar surface area (TPSA) is 38.3 Å². The standard InChI is InChI=1S/C12H14O2.C6H7N/c13-12(11-7-4-8-11)14-9-10-5-2-1-3-6-10;1-2-4-6-7-5-3-1/h1-3,5-6,11H,4,7-9H2;1-7H. The number of rotatable bonds is 3. The van der Waals surface area contributed by atoms with Crippen LogP contribution in [-0.4, -0.2) is 5.97 Å². The fraction of sp³-hybridized carbons (Fsp3) is 0.278. The van der Waals surface area contributed by atoms with Crippen molar-refractivity contribution in [2.45, 2.75) is 25.9 Å². The second kappa shape index (κ2) is 8.80. The minimum atomic E-state index is -0.0277. The van der Waals surface area contributed by atoms with Gasteiger partial charge in [-0.3, -0.25) is 4.79 Å². The first-order valence-electron chi connectivity index (χ1n) is 7.31. The van der Waals surface area contributed by atoms with Crippen LogP contribution in [0.2, 0.25) is 0 Å². The minimum Gasteiger partial charge on any atom is -0.461 e. The monoisotopic (exact) mass is 283 g/mol. The van der Waals surface area contributed by atoms with Crippen LogP contribution in [0.4, 0.5) is 0 Å². The normalized spacial score (nSPS) is 16.0. The fourth-order valence-corrected chi connectivity index (χ4v) is 1.90. The number of benzene rings is 1. The van der Waals surface area contributed by atoms with E-state index in [0.29, 0.717) is 6.61 Å². The smallest absolute Gasteiger partial charge is 0.309 e. The molecule has 3 rings (SSSR count). The number of carbonyl (C=O) groups excluding carboxylic acids is 1. The number of allylic oxidation sites excluding steroid dienone is 4. The fourth-order valence-electron chi connectivity index (χ4n) is 1.90. The van der Waals surface area contributed by atoms with Gasteiger partial charge in [0, 0.05) is 12.4 Å². The van der Waals surface area contributed by atoms with Gasteiger partial charge in [0.25, 0.3) is 0 Å². The molecule has 1 heterocycles. The molecule has 0 amide bonds. The van der Waals surface area contributed by atoms with Crippen LogP contribution in [0.15, 0.2) is 67.0 Å². The Labute approximate surface area is 126 Å². The van der Waals surface area contributed by atoms with Crippen LogP contribution in [0.1, 0.15) is 24.8 Å². The Kier molecular flexibility index (Phi) is 6.33. The van der Waals surface area contributed by atoms with Crippen LogP contribution in [0, 0.1) is 5.92 Å². The van der Waals surface area contributed by atoms with E-state index in [1.54, 1.807) is 0 Å².